The van der Waals surface area contributed by atoms with E-state index in [9.17, 15) is 13.6 Å². The Bertz CT molecular complexity index is 520. The summed E-state index contributed by atoms with van der Waals surface area (Å²) in [5.41, 5.74) is 7.16. The second-order valence-corrected chi connectivity index (χ2v) is 5.90. The number of piperidine rings is 1. The first-order valence-electron chi connectivity index (χ1n) is 7.37. The van der Waals surface area contributed by atoms with Crippen molar-refractivity contribution in [1.82, 2.24) is 4.90 Å². The van der Waals surface area contributed by atoms with E-state index < -0.39 is 11.8 Å². The number of halogens is 2. The molecular formula is C17H28F2N2O2. The largest absolute Gasteiger partial charge is 0.497 e. The number of carbonyl (C=O) groups excluding carboxylic acids is 1. The Morgan fingerprint density at radius 3 is 2.57 bits per heavy atom. The van der Waals surface area contributed by atoms with Gasteiger partial charge < -0.3 is 15.4 Å². The van der Waals surface area contributed by atoms with Crippen molar-refractivity contribution in [3.63, 3.8) is 0 Å². The molecule has 1 aromatic carbocycles. The Balaban J connectivity index is 0.00000264. The molecule has 0 spiro atoms. The van der Waals surface area contributed by atoms with Crippen LogP contribution in [-0.4, -0.2) is 43.0 Å². The van der Waals surface area contributed by atoms with Crippen LogP contribution >= 0.6 is 0 Å². The second kappa shape index (κ2) is 7.73. The molecule has 2 N–H and O–H groups in total. The van der Waals surface area contributed by atoms with E-state index in [-0.39, 0.29) is 27.4 Å². The monoisotopic (exact) mass is 330 g/mol. The molecular weight excluding hydrogens is 302 g/mol. The predicted octanol–water partition coefficient (Wildman–Crippen LogP) is 2.95. The number of hydrogen-bond acceptors (Lipinski definition) is 3. The van der Waals surface area contributed by atoms with Crippen molar-refractivity contribution in [2.75, 3.05) is 20.2 Å². The molecule has 1 fully saturated rings. The van der Waals surface area contributed by atoms with Crippen molar-refractivity contribution < 1.29 is 19.7 Å². The lowest BCUT2D eigenvalue weighted by atomic mass is 9.87. The highest BCUT2D eigenvalue weighted by Gasteiger charge is 2.39. The van der Waals surface area contributed by atoms with Crippen molar-refractivity contribution in [3.8, 4) is 5.75 Å². The maximum absolute atomic E-state index is 13.2. The van der Waals surface area contributed by atoms with E-state index in [2.05, 4.69) is 0 Å². The summed E-state index contributed by atoms with van der Waals surface area (Å²) < 4.78 is 31.5. The van der Waals surface area contributed by atoms with Gasteiger partial charge in [-0.1, -0.05) is 19.6 Å². The van der Waals surface area contributed by atoms with Gasteiger partial charge in [0, 0.05) is 27.5 Å². The average Bonchev–Trinajstić information content (AvgIpc) is 2.48. The summed E-state index contributed by atoms with van der Waals surface area (Å²) in [6, 6.07) is 7.48. The molecule has 1 amide bonds. The summed E-state index contributed by atoms with van der Waals surface area (Å²) >= 11 is 0. The van der Waals surface area contributed by atoms with Crippen molar-refractivity contribution >= 4 is 5.91 Å². The van der Waals surface area contributed by atoms with Crippen LogP contribution in [0.5, 0.6) is 5.75 Å². The third-order valence-electron chi connectivity index (χ3n) is 4.11. The van der Waals surface area contributed by atoms with E-state index >= 15 is 0 Å². The zero-order chi connectivity index (χ0) is 16.3. The molecule has 23 heavy (non-hydrogen) atoms. The molecule has 0 aliphatic carbocycles. The highest BCUT2D eigenvalue weighted by molar-refractivity contribution is 5.83. The molecule has 4 nitrogen and oxygen atoms in total. The zero-order valence-corrected chi connectivity index (χ0v) is 12.9. The fourth-order valence-electron chi connectivity index (χ4n) is 2.79. The molecule has 2 atom stereocenters. The SMILES string of the molecule is C.COc1ccc(CC2CN(C(=O)C(C)(F)F)CCC2N)cc1.[HH]. The number of nitrogens with zero attached hydrogens (tertiary/aromatic N) is 1. The van der Waals surface area contributed by atoms with Gasteiger partial charge >= 0.3 is 5.92 Å². The number of nitrogens with two attached hydrogens (primary N) is 1. The summed E-state index contributed by atoms with van der Waals surface area (Å²) in [6.45, 7) is 1.21. The first-order valence-corrected chi connectivity index (χ1v) is 7.37. The Morgan fingerprint density at radius 1 is 1.43 bits per heavy atom. The van der Waals surface area contributed by atoms with Gasteiger partial charge in [0.25, 0.3) is 5.91 Å². The molecule has 2 rings (SSSR count). The van der Waals surface area contributed by atoms with Crippen LogP contribution in [0.4, 0.5) is 8.78 Å². The number of amides is 1. The lowest BCUT2D eigenvalue weighted by molar-refractivity contribution is -0.157. The average molecular weight is 330 g/mol. The molecule has 0 saturated carbocycles. The van der Waals surface area contributed by atoms with Crippen molar-refractivity contribution in [3.05, 3.63) is 29.8 Å². The maximum atomic E-state index is 13.2. The number of carbonyl (C=O) groups is 1. The van der Waals surface area contributed by atoms with Crippen LogP contribution in [0, 0.1) is 5.92 Å². The van der Waals surface area contributed by atoms with Gasteiger partial charge in [-0.2, -0.15) is 8.78 Å². The van der Waals surface area contributed by atoms with E-state index in [1.807, 2.05) is 24.3 Å². The fraction of sp³-hybridized carbons (Fsp3) is 0.588. The zero-order valence-electron chi connectivity index (χ0n) is 12.9. The number of methoxy groups -OCH3 is 1. The van der Waals surface area contributed by atoms with Gasteiger partial charge in [0.05, 0.1) is 7.11 Å². The molecule has 1 aromatic rings. The van der Waals surface area contributed by atoms with Crippen LogP contribution in [-0.2, 0) is 11.2 Å². The van der Waals surface area contributed by atoms with Crippen LogP contribution in [0.2, 0.25) is 0 Å². The van der Waals surface area contributed by atoms with E-state index in [4.69, 9.17) is 10.5 Å². The molecule has 132 valence electrons. The van der Waals surface area contributed by atoms with E-state index in [0.717, 1.165) is 11.3 Å². The number of alkyl halides is 2. The van der Waals surface area contributed by atoms with Crippen LogP contribution in [0.25, 0.3) is 0 Å². The van der Waals surface area contributed by atoms with Crippen LogP contribution in [0.3, 0.4) is 0 Å². The predicted molar refractivity (Wildman–Crippen MR) is 88.8 cm³/mol. The van der Waals surface area contributed by atoms with Crippen molar-refractivity contribution in [1.29, 1.82) is 0 Å². The molecule has 6 heteroatoms. The Labute approximate surface area is 138 Å². The van der Waals surface area contributed by atoms with Crippen LogP contribution in [0.15, 0.2) is 24.3 Å². The van der Waals surface area contributed by atoms with E-state index in [0.29, 0.717) is 26.3 Å². The molecule has 0 radical (unpaired) electrons. The number of rotatable bonds is 4. The standard InChI is InChI=1S/C16H22F2N2O2.CH4.H2/c1-16(17,18)15(21)20-8-7-14(19)12(10-20)9-11-3-5-13(22-2)6-4-11;;/h3-6,12,14H,7-10,19H2,1-2H3;1H4;1H. The number of hydrogen-bond donors (Lipinski definition) is 1. The quantitative estimate of drug-likeness (QED) is 0.923. The number of benzene rings is 1. The first kappa shape index (κ1) is 19.4. The van der Waals surface area contributed by atoms with Crippen molar-refractivity contribution in [2.24, 2.45) is 11.7 Å². The van der Waals surface area contributed by atoms with Gasteiger partial charge in [0.15, 0.2) is 0 Å². The van der Waals surface area contributed by atoms with Gasteiger partial charge in [-0.15, -0.1) is 0 Å². The van der Waals surface area contributed by atoms with Gasteiger partial charge in [0.1, 0.15) is 5.75 Å². The van der Waals surface area contributed by atoms with Gasteiger partial charge in [0.2, 0.25) is 0 Å². The van der Waals surface area contributed by atoms with Crippen LogP contribution < -0.4 is 10.5 Å². The van der Waals surface area contributed by atoms with Crippen molar-refractivity contribution in [2.45, 2.75) is 39.2 Å². The maximum Gasteiger partial charge on any atom is 0.322 e. The van der Waals surface area contributed by atoms with E-state index in [1.165, 1.54) is 4.90 Å². The van der Waals surface area contributed by atoms with Crippen LogP contribution in [0.1, 0.15) is 27.8 Å². The highest BCUT2D eigenvalue weighted by Crippen LogP contribution is 2.25. The second-order valence-electron chi connectivity index (χ2n) is 5.90. The molecule has 2 unspecified atom stereocenters. The van der Waals surface area contributed by atoms with Gasteiger partial charge in [-0.3, -0.25) is 4.79 Å². The lowest BCUT2D eigenvalue weighted by Crippen LogP contribution is -2.53. The van der Waals surface area contributed by atoms with E-state index in [1.54, 1.807) is 7.11 Å². The smallest absolute Gasteiger partial charge is 0.322 e. The summed E-state index contributed by atoms with van der Waals surface area (Å²) in [4.78, 5) is 13.0. The third kappa shape index (κ3) is 4.89. The molecule has 0 bridgehead atoms. The molecule has 1 saturated heterocycles. The molecule has 0 aromatic heterocycles. The molecule has 1 aliphatic rings. The molecule has 1 heterocycles. The first-order chi connectivity index (χ1) is 10.3. The molecule has 1 aliphatic heterocycles. The lowest BCUT2D eigenvalue weighted by Gasteiger charge is -2.38. The Hall–Kier alpha value is -1.69. The Kier molecular flexibility index (Phi) is 6.50. The minimum atomic E-state index is -3.33. The summed E-state index contributed by atoms with van der Waals surface area (Å²) in [6.07, 6.45) is 1.20. The number of likely N-dealkylation sites (tertiary alicyclic amines) is 1. The Morgan fingerprint density at radius 2 is 2.04 bits per heavy atom. The summed E-state index contributed by atoms with van der Waals surface area (Å²) in [7, 11) is 1.60. The number of ether oxygens (including phenoxy) is 1. The minimum Gasteiger partial charge on any atom is -0.497 e. The minimum absolute atomic E-state index is 0. The highest BCUT2D eigenvalue weighted by atomic mass is 19.3. The third-order valence-corrected chi connectivity index (χ3v) is 4.11. The van der Waals surface area contributed by atoms with Gasteiger partial charge in [-0.25, -0.2) is 0 Å². The summed E-state index contributed by atoms with van der Waals surface area (Å²) in [5, 5.41) is 0. The summed E-state index contributed by atoms with van der Waals surface area (Å²) in [5.74, 6) is -3.70. The normalized spacial score (nSPS) is 21.5. The fourth-order valence-corrected chi connectivity index (χ4v) is 2.79. The van der Waals surface area contributed by atoms with Gasteiger partial charge in [-0.05, 0) is 36.5 Å². The topological polar surface area (TPSA) is 55.6 Å².